The molecule has 0 aliphatic carbocycles. The van der Waals surface area contributed by atoms with Crippen molar-refractivity contribution in [1.82, 2.24) is 0 Å². The van der Waals surface area contributed by atoms with Crippen molar-refractivity contribution in [2.45, 2.75) is 0 Å². The summed E-state index contributed by atoms with van der Waals surface area (Å²) in [7, 11) is 0. The smallest absolute Gasteiger partial charge is 0.127 e. The maximum Gasteiger partial charge on any atom is 0.127 e. The van der Waals surface area contributed by atoms with Crippen molar-refractivity contribution in [3.63, 3.8) is 0 Å². The Morgan fingerprint density at radius 3 is 1.94 bits per heavy atom. The number of phenols is 2. The van der Waals surface area contributed by atoms with Crippen molar-refractivity contribution in [2.75, 3.05) is 0 Å². The molecule has 2 N–H and O–H groups in total. The topological polar surface area (TPSA) is 40.5 Å². The summed E-state index contributed by atoms with van der Waals surface area (Å²) in [5, 5.41) is 20.6. The van der Waals surface area contributed by atoms with Gasteiger partial charge in [-0.2, -0.15) is 0 Å². The Morgan fingerprint density at radius 1 is 0.833 bits per heavy atom. The molecule has 0 aromatic heterocycles. The van der Waals surface area contributed by atoms with Gasteiger partial charge in [-0.1, -0.05) is 54.7 Å². The molecule has 2 nitrogen and oxygen atoms in total. The molecule has 0 amide bonds. The molecule has 2 aromatic carbocycles. The first kappa shape index (κ1) is 12.3. The minimum atomic E-state index is -0.0160. The predicted octanol–water partition coefficient (Wildman–Crippen LogP) is 3.62. The molecule has 0 radical (unpaired) electrons. The molecule has 0 unspecified atom stereocenters. The lowest BCUT2D eigenvalue weighted by Gasteiger charge is -2.03. The Hall–Kier alpha value is -2.13. The molecule has 0 aliphatic heterocycles. The standard InChI is InChI=1S/C15H12O2S/c16-14-8-12(9-15(17)13(14)10-18)7-6-11-4-2-1-3-5-11/h1-10,16-17H/b7-6+. The summed E-state index contributed by atoms with van der Waals surface area (Å²) >= 11 is 4.71. The van der Waals surface area contributed by atoms with Crippen LogP contribution in [0.25, 0.3) is 12.2 Å². The Morgan fingerprint density at radius 2 is 1.39 bits per heavy atom. The Bertz CT molecular complexity index is 566. The SMILES string of the molecule is Oc1cc(/C=C/c2ccccc2)cc(O)c1C=S. The molecule has 18 heavy (non-hydrogen) atoms. The molecule has 0 atom stereocenters. The highest BCUT2D eigenvalue weighted by atomic mass is 32.1. The van der Waals surface area contributed by atoms with Crippen molar-refractivity contribution in [2.24, 2.45) is 0 Å². The molecule has 0 saturated carbocycles. The van der Waals surface area contributed by atoms with Crippen LogP contribution in [0.5, 0.6) is 11.5 Å². The average Bonchev–Trinajstić information content (AvgIpc) is 2.37. The lowest BCUT2D eigenvalue weighted by molar-refractivity contribution is 0.449. The Kier molecular flexibility index (Phi) is 3.75. The van der Waals surface area contributed by atoms with Crippen molar-refractivity contribution in [1.29, 1.82) is 0 Å². The van der Waals surface area contributed by atoms with Crippen molar-refractivity contribution in [3.8, 4) is 11.5 Å². The summed E-state index contributed by atoms with van der Waals surface area (Å²) in [5.41, 5.74) is 2.05. The first-order valence-electron chi connectivity index (χ1n) is 5.45. The molecule has 2 rings (SSSR count). The summed E-state index contributed by atoms with van der Waals surface area (Å²) < 4.78 is 0. The van der Waals surface area contributed by atoms with Gasteiger partial charge in [-0.15, -0.1) is 0 Å². The first-order chi connectivity index (χ1) is 8.70. The first-order valence-corrected chi connectivity index (χ1v) is 5.92. The number of benzene rings is 2. The van der Waals surface area contributed by atoms with E-state index in [0.717, 1.165) is 11.1 Å². The van der Waals surface area contributed by atoms with Gasteiger partial charge in [-0.05, 0) is 23.3 Å². The third-order valence-electron chi connectivity index (χ3n) is 2.54. The van der Waals surface area contributed by atoms with Crippen LogP contribution in [0.3, 0.4) is 0 Å². The fourth-order valence-electron chi connectivity index (χ4n) is 1.62. The zero-order valence-corrected chi connectivity index (χ0v) is 10.4. The molecule has 0 heterocycles. The van der Waals surface area contributed by atoms with Gasteiger partial charge in [0.05, 0.1) is 5.56 Å². The van der Waals surface area contributed by atoms with Crippen LogP contribution in [0.2, 0.25) is 0 Å². The number of rotatable bonds is 3. The van der Waals surface area contributed by atoms with Gasteiger partial charge < -0.3 is 10.2 Å². The number of thiocarbonyl (C=S) groups is 1. The number of hydrogen-bond donors (Lipinski definition) is 2. The maximum absolute atomic E-state index is 9.68. The molecule has 0 saturated heterocycles. The lowest BCUT2D eigenvalue weighted by atomic mass is 10.1. The average molecular weight is 256 g/mol. The highest BCUT2D eigenvalue weighted by Gasteiger charge is 2.05. The molecular weight excluding hydrogens is 244 g/mol. The summed E-state index contributed by atoms with van der Waals surface area (Å²) in [6, 6.07) is 12.9. The number of aromatic hydroxyl groups is 2. The molecular formula is C15H12O2S. The van der Waals surface area contributed by atoms with E-state index < -0.39 is 0 Å². The normalized spacial score (nSPS) is 10.7. The van der Waals surface area contributed by atoms with Gasteiger partial charge in [-0.3, -0.25) is 0 Å². The van der Waals surface area contributed by atoms with E-state index >= 15 is 0 Å². The lowest BCUT2D eigenvalue weighted by Crippen LogP contribution is -1.83. The van der Waals surface area contributed by atoms with Crippen molar-refractivity contribution >= 4 is 29.7 Å². The van der Waals surface area contributed by atoms with Crippen LogP contribution in [0.15, 0.2) is 42.5 Å². The van der Waals surface area contributed by atoms with E-state index in [1.807, 2.05) is 42.5 Å². The van der Waals surface area contributed by atoms with Crippen LogP contribution in [0.4, 0.5) is 0 Å². The Labute approximate surface area is 111 Å². The summed E-state index contributed by atoms with van der Waals surface area (Å²) in [4.78, 5) is 0. The maximum atomic E-state index is 9.68. The quantitative estimate of drug-likeness (QED) is 0.651. The predicted molar refractivity (Wildman–Crippen MR) is 77.9 cm³/mol. The Balaban J connectivity index is 2.31. The van der Waals surface area contributed by atoms with Gasteiger partial charge in [0.1, 0.15) is 11.5 Å². The van der Waals surface area contributed by atoms with E-state index in [1.165, 1.54) is 5.37 Å². The van der Waals surface area contributed by atoms with E-state index in [2.05, 4.69) is 0 Å². The highest BCUT2D eigenvalue weighted by molar-refractivity contribution is 7.79. The fraction of sp³-hybridized carbons (Fsp3) is 0. The van der Waals surface area contributed by atoms with Crippen LogP contribution < -0.4 is 0 Å². The summed E-state index contributed by atoms with van der Waals surface area (Å²) in [6.45, 7) is 0. The minimum Gasteiger partial charge on any atom is -0.507 e. The second-order valence-electron chi connectivity index (χ2n) is 3.83. The van der Waals surface area contributed by atoms with Crippen LogP contribution in [0.1, 0.15) is 16.7 Å². The van der Waals surface area contributed by atoms with E-state index in [0.29, 0.717) is 0 Å². The molecule has 0 bridgehead atoms. The molecule has 2 aromatic rings. The van der Waals surface area contributed by atoms with Gasteiger partial charge >= 0.3 is 0 Å². The van der Waals surface area contributed by atoms with Crippen LogP contribution in [-0.4, -0.2) is 15.6 Å². The third-order valence-corrected chi connectivity index (χ3v) is 2.78. The molecule has 3 heteroatoms. The zero-order chi connectivity index (χ0) is 13.0. The van der Waals surface area contributed by atoms with Crippen LogP contribution >= 0.6 is 12.2 Å². The third kappa shape index (κ3) is 2.76. The molecule has 0 aliphatic rings. The van der Waals surface area contributed by atoms with E-state index in [1.54, 1.807) is 12.1 Å². The van der Waals surface area contributed by atoms with Crippen molar-refractivity contribution in [3.05, 3.63) is 59.2 Å². The van der Waals surface area contributed by atoms with Crippen molar-refractivity contribution < 1.29 is 10.2 Å². The van der Waals surface area contributed by atoms with E-state index in [9.17, 15) is 10.2 Å². The second kappa shape index (κ2) is 5.47. The monoisotopic (exact) mass is 256 g/mol. The fourth-order valence-corrected chi connectivity index (χ4v) is 1.86. The molecule has 90 valence electrons. The molecule has 0 spiro atoms. The second-order valence-corrected chi connectivity index (χ2v) is 4.07. The summed E-state index contributed by atoms with van der Waals surface area (Å²) in [5.74, 6) is -0.0320. The van der Waals surface area contributed by atoms with Gasteiger partial charge in [0.2, 0.25) is 0 Å². The number of phenolic OH excluding ortho intramolecular Hbond substituents is 2. The van der Waals surface area contributed by atoms with E-state index in [-0.39, 0.29) is 17.1 Å². The van der Waals surface area contributed by atoms with Crippen LogP contribution in [0, 0.1) is 0 Å². The molecule has 0 fully saturated rings. The van der Waals surface area contributed by atoms with Crippen LogP contribution in [-0.2, 0) is 0 Å². The van der Waals surface area contributed by atoms with E-state index in [4.69, 9.17) is 12.2 Å². The van der Waals surface area contributed by atoms with Gasteiger partial charge in [-0.25, -0.2) is 0 Å². The number of hydrogen-bond acceptors (Lipinski definition) is 3. The largest absolute Gasteiger partial charge is 0.507 e. The van der Waals surface area contributed by atoms with Gasteiger partial charge in [0, 0.05) is 5.37 Å². The minimum absolute atomic E-state index is 0.0160. The zero-order valence-electron chi connectivity index (χ0n) is 9.58. The van der Waals surface area contributed by atoms with Gasteiger partial charge in [0.15, 0.2) is 0 Å². The summed E-state index contributed by atoms with van der Waals surface area (Å²) in [6.07, 6.45) is 3.73. The highest BCUT2D eigenvalue weighted by Crippen LogP contribution is 2.28. The van der Waals surface area contributed by atoms with Gasteiger partial charge in [0.25, 0.3) is 0 Å².